The molecule has 3 rings (SSSR count). The first kappa shape index (κ1) is 16.5. The quantitative estimate of drug-likeness (QED) is 0.908. The molecule has 0 unspecified atom stereocenters. The number of aromatic nitrogens is 2. The lowest BCUT2D eigenvalue weighted by Crippen LogP contribution is -2.35. The number of hydrogen-bond donors (Lipinski definition) is 1. The van der Waals surface area contributed by atoms with Crippen LogP contribution in [0.3, 0.4) is 0 Å². The second-order valence-electron chi connectivity index (χ2n) is 5.79. The van der Waals surface area contributed by atoms with Crippen LogP contribution in [0.15, 0.2) is 28.8 Å². The standard InChI is InChI=1S/C16H16F3N3O2/c17-16(18,19)15-21-13(22-24-15)11-6-4-10(5-7-11)8-9-20-14(23)12-2-1-3-12/h4-7,12H,1-3,8-9H2,(H,20,23). The second-order valence-corrected chi connectivity index (χ2v) is 5.79. The van der Waals surface area contributed by atoms with E-state index in [0.29, 0.717) is 18.5 Å². The Morgan fingerprint density at radius 1 is 1.25 bits per heavy atom. The highest BCUT2D eigenvalue weighted by atomic mass is 19.4. The van der Waals surface area contributed by atoms with E-state index < -0.39 is 12.1 Å². The molecule has 2 aromatic rings. The Labute approximate surface area is 136 Å². The van der Waals surface area contributed by atoms with Crippen molar-refractivity contribution in [1.29, 1.82) is 0 Å². The zero-order chi connectivity index (χ0) is 17.2. The van der Waals surface area contributed by atoms with E-state index in [0.717, 1.165) is 24.8 Å². The number of hydrogen-bond acceptors (Lipinski definition) is 4. The molecule has 5 nitrogen and oxygen atoms in total. The Bertz CT molecular complexity index is 706. The molecule has 0 atom stereocenters. The van der Waals surface area contributed by atoms with Gasteiger partial charge in [-0.05, 0) is 24.8 Å². The topological polar surface area (TPSA) is 68.0 Å². The largest absolute Gasteiger partial charge is 0.471 e. The number of nitrogens with one attached hydrogen (secondary N) is 1. The summed E-state index contributed by atoms with van der Waals surface area (Å²) in [5.74, 6) is -1.20. The van der Waals surface area contributed by atoms with Gasteiger partial charge in [-0.2, -0.15) is 18.2 Å². The molecule has 0 bridgehead atoms. The van der Waals surface area contributed by atoms with Gasteiger partial charge in [0.2, 0.25) is 11.7 Å². The Hall–Kier alpha value is -2.38. The predicted octanol–water partition coefficient (Wildman–Crippen LogP) is 3.21. The number of halogens is 3. The van der Waals surface area contributed by atoms with Gasteiger partial charge in [0.1, 0.15) is 0 Å². The normalized spacial score (nSPS) is 15.1. The molecule has 0 radical (unpaired) electrons. The van der Waals surface area contributed by atoms with Crippen LogP contribution in [-0.4, -0.2) is 22.6 Å². The summed E-state index contributed by atoms with van der Waals surface area (Å²) in [6.45, 7) is 0.537. The first-order valence-electron chi connectivity index (χ1n) is 7.71. The fraction of sp³-hybridized carbons (Fsp3) is 0.438. The van der Waals surface area contributed by atoms with Crippen molar-refractivity contribution in [3.8, 4) is 11.4 Å². The molecule has 1 aliphatic carbocycles. The number of amides is 1. The second kappa shape index (κ2) is 6.62. The summed E-state index contributed by atoms with van der Waals surface area (Å²) in [7, 11) is 0. The highest BCUT2D eigenvalue weighted by Crippen LogP contribution is 2.29. The van der Waals surface area contributed by atoms with E-state index in [1.165, 1.54) is 0 Å². The van der Waals surface area contributed by atoms with E-state index in [-0.39, 0.29) is 17.6 Å². The van der Waals surface area contributed by atoms with Crippen molar-refractivity contribution in [2.75, 3.05) is 6.54 Å². The third-order valence-electron chi connectivity index (χ3n) is 4.07. The predicted molar refractivity (Wildman–Crippen MR) is 78.8 cm³/mol. The maximum atomic E-state index is 12.4. The van der Waals surface area contributed by atoms with Gasteiger partial charge in [0.25, 0.3) is 0 Å². The summed E-state index contributed by atoms with van der Waals surface area (Å²) < 4.78 is 41.5. The molecular formula is C16H16F3N3O2. The number of rotatable bonds is 5. The van der Waals surface area contributed by atoms with Crippen molar-refractivity contribution in [1.82, 2.24) is 15.5 Å². The van der Waals surface area contributed by atoms with Gasteiger partial charge in [-0.15, -0.1) is 0 Å². The number of benzene rings is 1. The van der Waals surface area contributed by atoms with Gasteiger partial charge in [-0.1, -0.05) is 35.8 Å². The molecular weight excluding hydrogens is 323 g/mol. The maximum absolute atomic E-state index is 12.4. The van der Waals surface area contributed by atoms with Gasteiger partial charge in [-0.25, -0.2) is 0 Å². The minimum absolute atomic E-state index is 0.101. The van der Waals surface area contributed by atoms with E-state index in [4.69, 9.17) is 0 Å². The maximum Gasteiger partial charge on any atom is 0.471 e. The molecule has 0 saturated heterocycles. The molecule has 1 fully saturated rings. The van der Waals surface area contributed by atoms with Crippen LogP contribution in [0, 0.1) is 5.92 Å². The first-order valence-corrected chi connectivity index (χ1v) is 7.71. The van der Waals surface area contributed by atoms with E-state index in [1.807, 2.05) is 0 Å². The molecule has 1 aromatic carbocycles. The molecule has 24 heavy (non-hydrogen) atoms. The lowest BCUT2D eigenvalue weighted by molar-refractivity contribution is -0.159. The van der Waals surface area contributed by atoms with E-state index in [1.54, 1.807) is 24.3 Å². The van der Waals surface area contributed by atoms with Crippen molar-refractivity contribution >= 4 is 5.91 Å². The van der Waals surface area contributed by atoms with Crippen LogP contribution in [-0.2, 0) is 17.4 Å². The molecule has 1 saturated carbocycles. The van der Waals surface area contributed by atoms with Crippen molar-refractivity contribution in [3.05, 3.63) is 35.7 Å². The molecule has 128 valence electrons. The van der Waals surface area contributed by atoms with E-state index in [2.05, 4.69) is 20.0 Å². The zero-order valence-electron chi connectivity index (χ0n) is 12.8. The smallest absolute Gasteiger partial charge is 0.356 e. The van der Waals surface area contributed by atoms with Crippen LogP contribution in [0.2, 0.25) is 0 Å². The first-order chi connectivity index (χ1) is 11.4. The zero-order valence-corrected chi connectivity index (χ0v) is 12.8. The Morgan fingerprint density at radius 3 is 2.50 bits per heavy atom. The highest BCUT2D eigenvalue weighted by molar-refractivity contribution is 5.79. The number of alkyl halides is 3. The van der Waals surface area contributed by atoms with Gasteiger partial charge in [-0.3, -0.25) is 4.79 Å². The molecule has 1 aliphatic rings. The van der Waals surface area contributed by atoms with Crippen molar-refractivity contribution in [3.63, 3.8) is 0 Å². The average molecular weight is 339 g/mol. The number of nitrogens with zero attached hydrogens (tertiary/aromatic N) is 2. The van der Waals surface area contributed by atoms with Crippen LogP contribution in [0.1, 0.15) is 30.7 Å². The molecule has 1 aromatic heterocycles. The fourth-order valence-corrected chi connectivity index (χ4v) is 2.42. The van der Waals surface area contributed by atoms with Crippen molar-refractivity contribution in [2.24, 2.45) is 5.92 Å². The van der Waals surface area contributed by atoms with Crippen LogP contribution in [0.5, 0.6) is 0 Å². The fourth-order valence-electron chi connectivity index (χ4n) is 2.42. The number of carbonyl (C=O) groups is 1. The highest BCUT2D eigenvalue weighted by Gasteiger charge is 2.38. The third kappa shape index (κ3) is 3.74. The van der Waals surface area contributed by atoms with Crippen molar-refractivity contribution in [2.45, 2.75) is 31.9 Å². The Kier molecular flexibility index (Phi) is 4.55. The van der Waals surface area contributed by atoms with E-state index in [9.17, 15) is 18.0 Å². The Balaban J connectivity index is 1.55. The lowest BCUT2D eigenvalue weighted by Gasteiger charge is -2.24. The summed E-state index contributed by atoms with van der Waals surface area (Å²) >= 11 is 0. The summed E-state index contributed by atoms with van der Waals surface area (Å²) in [6, 6.07) is 6.81. The summed E-state index contributed by atoms with van der Waals surface area (Å²) in [4.78, 5) is 15.1. The van der Waals surface area contributed by atoms with E-state index >= 15 is 0 Å². The number of carbonyl (C=O) groups excluding carboxylic acids is 1. The average Bonchev–Trinajstić information content (AvgIpc) is 2.96. The molecule has 0 aliphatic heterocycles. The molecule has 8 heteroatoms. The summed E-state index contributed by atoms with van der Waals surface area (Å²) in [5, 5.41) is 6.24. The molecule has 1 heterocycles. The van der Waals surface area contributed by atoms with Gasteiger partial charge >= 0.3 is 12.1 Å². The van der Waals surface area contributed by atoms with Gasteiger partial charge < -0.3 is 9.84 Å². The molecule has 1 N–H and O–H groups in total. The van der Waals surface area contributed by atoms with Crippen LogP contribution in [0.4, 0.5) is 13.2 Å². The monoisotopic (exact) mass is 339 g/mol. The van der Waals surface area contributed by atoms with Gasteiger partial charge in [0, 0.05) is 18.0 Å². The van der Waals surface area contributed by atoms with Gasteiger partial charge in [0.05, 0.1) is 0 Å². The molecule has 0 spiro atoms. The minimum Gasteiger partial charge on any atom is -0.356 e. The summed E-state index contributed by atoms with van der Waals surface area (Å²) in [5.41, 5.74) is 1.41. The van der Waals surface area contributed by atoms with Crippen molar-refractivity contribution < 1.29 is 22.5 Å². The van der Waals surface area contributed by atoms with Crippen LogP contribution >= 0.6 is 0 Å². The van der Waals surface area contributed by atoms with Crippen LogP contribution in [0.25, 0.3) is 11.4 Å². The lowest BCUT2D eigenvalue weighted by atomic mass is 9.85. The minimum atomic E-state index is -4.65. The molecule has 1 amide bonds. The third-order valence-corrected chi connectivity index (χ3v) is 4.07. The van der Waals surface area contributed by atoms with Crippen LogP contribution < -0.4 is 5.32 Å². The Morgan fingerprint density at radius 2 is 1.96 bits per heavy atom. The SMILES string of the molecule is O=C(NCCc1ccc(-c2noc(C(F)(F)F)n2)cc1)C1CCC1. The van der Waals surface area contributed by atoms with Gasteiger partial charge in [0.15, 0.2) is 0 Å². The summed E-state index contributed by atoms with van der Waals surface area (Å²) in [6.07, 6.45) is -0.954.